The van der Waals surface area contributed by atoms with Gasteiger partial charge in [-0.1, -0.05) is 12.6 Å². The quantitative estimate of drug-likeness (QED) is 0.750. The second kappa shape index (κ2) is 3.77. The SMILES string of the molecule is C=C(C)Oc1ccc2c(c1)NC(=O)CC2. The van der Waals surface area contributed by atoms with Crippen molar-refractivity contribution in [2.75, 3.05) is 5.32 Å². The molecule has 2 rings (SSSR count). The summed E-state index contributed by atoms with van der Waals surface area (Å²) in [6, 6.07) is 5.71. The van der Waals surface area contributed by atoms with Gasteiger partial charge in [0.05, 0.1) is 5.76 Å². The van der Waals surface area contributed by atoms with Crippen molar-refractivity contribution in [2.45, 2.75) is 19.8 Å². The number of anilines is 1. The van der Waals surface area contributed by atoms with Crippen LogP contribution in [0.2, 0.25) is 0 Å². The van der Waals surface area contributed by atoms with E-state index in [1.54, 1.807) is 6.92 Å². The highest BCUT2D eigenvalue weighted by Gasteiger charge is 2.14. The molecule has 1 amide bonds. The van der Waals surface area contributed by atoms with Crippen molar-refractivity contribution in [3.63, 3.8) is 0 Å². The Kier molecular flexibility index (Phi) is 2.46. The molecule has 0 fully saturated rings. The van der Waals surface area contributed by atoms with E-state index in [1.807, 2.05) is 18.2 Å². The lowest BCUT2D eigenvalue weighted by atomic mass is 10.0. The van der Waals surface area contributed by atoms with Gasteiger partial charge in [0.25, 0.3) is 0 Å². The molecule has 1 heterocycles. The third kappa shape index (κ3) is 2.18. The smallest absolute Gasteiger partial charge is 0.224 e. The molecule has 0 aromatic heterocycles. The summed E-state index contributed by atoms with van der Waals surface area (Å²) in [6.07, 6.45) is 1.36. The molecule has 0 saturated carbocycles. The number of hydrogen-bond acceptors (Lipinski definition) is 2. The molecule has 0 unspecified atom stereocenters. The molecule has 1 aliphatic rings. The number of ether oxygens (including phenoxy) is 1. The van der Waals surface area contributed by atoms with E-state index >= 15 is 0 Å². The summed E-state index contributed by atoms with van der Waals surface area (Å²) >= 11 is 0. The van der Waals surface area contributed by atoms with E-state index in [1.165, 1.54) is 0 Å². The molecule has 1 aliphatic heterocycles. The molecule has 78 valence electrons. The average molecular weight is 203 g/mol. The first-order valence-electron chi connectivity index (χ1n) is 4.91. The number of carbonyl (C=O) groups excluding carboxylic acids is 1. The van der Waals surface area contributed by atoms with E-state index in [4.69, 9.17) is 4.74 Å². The molecule has 0 bridgehead atoms. The van der Waals surface area contributed by atoms with Gasteiger partial charge in [0, 0.05) is 18.2 Å². The third-order valence-electron chi connectivity index (χ3n) is 2.27. The minimum absolute atomic E-state index is 0.0648. The van der Waals surface area contributed by atoms with Crippen LogP contribution in [-0.4, -0.2) is 5.91 Å². The fourth-order valence-corrected chi connectivity index (χ4v) is 1.62. The van der Waals surface area contributed by atoms with Crippen LogP contribution in [-0.2, 0) is 11.2 Å². The number of rotatable bonds is 2. The molecule has 0 radical (unpaired) electrons. The van der Waals surface area contributed by atoms with Gasteiger partial charge in [0.15, 0.2) is 0 Å². The second-order valence-electron chi connectivity index (χ2n) is 3.67. The lowest BCUT2D eigenvalue weighted by Gasteiger charge is -2.17. The molecule has 1 N–H and O–H groups in total. The van der Waals surface area contributed by atoms with Crippen molar-refractivity contribution in [3.8, 4) is 5.75 Å². The van der Waals surface area contributed by atoms with Crippen LogP contribution in [0.1, 0.15) is 18.9 Å². The Bertz CT molecular complexity index is 424. The topological polar surface area (TPSA) is 38.3 Å². The minimum Gasteiger partial charge on any atom is -0.463 e. The Hall–Kier alpha value is -1.77. The molecule has 0 aliphatic carbocycles. The molecule has 3 heteroatoms. The van der Waals surface area contributed by atoms with E-state index in [0.717, 1.165) is 17.7 Å². The molecule has 1 aromatic rings. The van der Waals surface area contributed by atoms with E-state index in [-0.39, 0.29) is 5.91 Å². The van der Waals surface area contributed by atoms with Crippen molar-refractivity contribution in [2.24, 2.45) is 0 Å². The normalized spacial score (nSPS) is 14.1. The highest BCUT2D eigenvalue weighted by molar-refractivity contribution is 5.94. The van der Waals surface area contributed by atoms with Crippen molar-refractivity contribution in [3.05, 3.63) is 36.1 Å². The average Bonchev–Trinajstić information content (AvgIpc) is 2.16. The zero-order chi connectivity index (χ0) is 10.8. The lowest BCUT2D eigenvalue weighted by molar-refractivity contribution is -0.116. The Balaban J connectivity index is 2.28. The summed E-state index contributed by atoms with van der Waals surface area (Å²) in [4.78, 5) is 11.2. The molecular formula is C12H13NO2. The monoisotopic (exact) mass is 203 g/mol. The highest BCUT2D eigenvalue weighted by Crippen LogP contribution is 2.27. The minimum atomic E-state index is 0.0648. The summed E-state index contributed by atoms with van der Waals surface area (Å²) < 4.78 is 5.37. The van der Waals surface area contributed by atoms with E-state index in [2.05, 4.69) is 11.9 Å². The summed E-state index contributed by atoms with van der Waals surface area (Å²) in [6.45, 7) is 5.46. The lowest BCUT2D eigenvalue weighted by Crippen LogP contribution is -2.18. The van der Waals surface area contributed by atoms with Crippen LogP contribution in [0.15, 0.2) is 30.5 Å². The van der Waals surface area contributed by atoms with Gasteiger partial charge in [-0.2, -0.15) is 0 Å². The molecular weight excluding hydrogens is 190 g/mol. The number of carbonyl (C=O) groups is 1. The van der Waals surface area contributed by atoms with Gasteiger partial charge in [-0.05, 0) is 25.0 Å². The Labute approximate surface area is 88.8 Å². The number of allylic oxidation sites excluding steroid dienone is 1. The summed E-state index contributed by atoms with van der Waals surface area (Å²) in [7, 11) is 0. The van der Waals surface area contributed by atoms with Gasteiger partial charge >= 0.3 is 0 Å². The maximum absolute atomic E-state index is 11.2. The molecule has 0 saturated heterocycles. The van der Waals surface area contributed by atoms with Gasteiger partial charge in [0.2, 0.25) is 5.91 Å². The fourth-order valence-electron chi connectivity index (χ4n) is 1.62. The third-order valence-corrected chi connectivity index (χ3v) is 2.27. The molecule has 3 nitrogen and oxygen atoms in total. The van der Waals surface area contributed by atoms with Crippen molar-refractivity contribution < 1.29 is 9.53 Å². The number of amides is 1. The first-order chi connectivity index (χ1) is 7.15. The molecule has 15 heavy (non-hydrogen) atoms. The first kappa shape index (κ1) is 9.77. The van der Waals surface area contributed by atoms with E-state index in [9.17, 15) is 4.79 Å². The van der Waals surface area contributed by atoms with Gasteiger partial charge < -0.3 is 10.1 Å². The summed E-state index contributed by atoms with van der Waals surface area (Å²) in [5.74, 6) is 1.41. The van der Waals surface area contributed by atoms with Crippen molar-refractivity contribution >= 4 is 11.6 Å². The van der Waals surface area contributed by atoms with Crippen LogP contribution in [0.4, 0.5) is 5.69 Å². The number of fused-ring (bicyclic) bond motifs is 1. The fraction of sp³-hybridized carbons (Fsp3) is 0.250. The Morgan fingerprint density at radius 3 is 3.00 bits per heavy atom. The van der Waals surface area contributed by atoms with Gasteiger partial charge in [-0.25, -0.2) is 0 Å². The van der Waals surface area contributed by atoms with Crippen LogP contribution >= 0.6 is 0 Å². The summed E-state index contributed by atoms with van der Waals surface area (Å²) in [5, 5.41) is 2.82. The number of hydrogen-bond donors (Lipinski definition) is 1. The van der Waals surface area contributed by atoms with Crippen LogP contribution in [0.5, 0.6) is 5.75 Å². The zero-order valence-corrected chi connectivity index (χ0v) is 8.67. The van der Waals surface area contributed by atoms with Crippen molar-refractivity contribution in [1.29, 1.82) is 0 Å². The predicted molar refractivity (Wildman–Crippen MR) is 58.8 cm³/mol. The van der Waals surface area contributed by atoms with Crippen LogP contribution < -0.4 is 10.1 Å². The van der Waals surface area contributed by atoms with E-state index < -0.39 is 0 Å². The largest absolute Gasteiger partial charge is 0.463 e. The van der Waals surface area contributed by atoms with E-state index in [0.29, 0.717) is 17.9 Å². The maximum atomic E-state index is 11.2. The molecule has 0 spiro atoms. The number of nitrogens with one attached hydrogen (secondary N) is 1. The molecule has 1 aromatic carbocycles. The maximum Gasteiger partial charge on any atom is 0.224 e. The highest BCUT2D eigenvalue weighted by atomic mass is 16.5. The second-order valence-corrected chi connectivity index (χ2v) is 3.67. The van der Waals surface area contributed by atoms with Crippen LogP contribution in [0, 0.1) is 0 Å². The molecule has 0 atom stereocenters. The zero-order valence-electron chi connectivity index (χ0n) is 8.67. The van der Waals surface area contributed by atoms with Gasteiger partial charge in [-0.15, -0.1) is 0 Å². The Morgan fingerprint density at radius 1 is 1.47 bits per heavy atom. The van der Waals surface area contributed by atoms with Crippen LogP contribution in [0.3, 0.4) is 0 Å². The number of benzene rings is 1. The standard InChI is InChI=1S/C12H13NO2/c1-8(2)15-10-5-3-9-4-6-12(14)13-11(9)7-10/h3,5,7H,1,4,6H2,2H3,(H,13,14). The summed E-state index contributed by atoms with van der Waals surface area (Å²) in [5.41, 5.74) is 2.01. The number of aryl methyl sites for hydroxylation is 1. The van der Waals surface area contributed by atoms with Crippen LogP contribution in [0.25, 0.3) is 0 Å². The van der Waals surface area contributed by atoms with Gasteiger partial charge in [-0.3, -0.25) is 4.79 Å². The van der Waals surface area contributed by atoms with Gasteiger partial charge in [0.1, 0.15) is 5.75 Å². The van der Waals surface area contributed by atoms with Crippen molar-refractivity contribution in [1.82, 2.24) is 0 Å². The predicted octanol–water partition coefficient (Wildman–Crippen LogP) is 2.48. The first-order valence-corrected chi connectivity index (χ1v) is 4.91. The Morgan fingerprint density at radius 2 is 2.27 bits per heavy atom.